The van der Waals surface area contributed by atoms with Crippen molar-refractivity contribution in [2.24, 2.45) is 0 Å². The van der Waals surface area contributed by atoms with Crippen LogP contribution in [-0.2, 0) is 26.8 Å². The van der Waals surface area contributed by atoms with Gasteiger partial charge >= 0.3 is 48.9 Å². The number of rotatable bonds is 6. The van der Waals surface area contributed by atoms with Crippen LogP contribution in [0.5, 0.6) is 0 Å². The molecule has 0 heterocycles. The van der Waals surface area contributed by atoms with Gasteiger partial charge in [-0.1, -0.05) is 60.7 Å². The van der Waals surface area contributed by atoms with Crippen LogP contribution in [0.4, 0.5) is 0 Å². The summed E-state index contributed by atoms with van der Waals surface area (Å²) in [6.07, 6.45) is 0. The first-order valence-corrected chi connectivity index (χ1v) is 7.30. The van der Waals surface area contributed by atoms with E-state index in [-0.39, 0.29) is 62.1 Å². The average Bonchev–Trinajstić information content (AvgIpc) is 2.46. The molecular weight excluding hydrogens is 400 g/mol. The van der Waals surface area contributed by atoms with Gasteiger partial charge in [-0.2, -0.15) is 0 Å². The van der Waals surface area contributed by atoms with Gasteiger partial charge in [-0.3, -0.25) is 4.57 Å². The predicted octanol–water partition coefficient (Wildman–Crippen LogP) is 2.51. The van der Waals surface area contributed by atoms with Gasteiger partial charge in [0.2, 0.25) is 0 Å². The Labute approximate surface area is 158 Å². The Hall–Kier alpha value is 0.121. The Balaban J connectivity index is 0.00000200. The third-order valence-corrected chi connectivity index (χ3v) is 3.35. The van der Waals surface area contributed by atoms with Gasteiger partial charge in [-0.15, -0.1) is 0 Å². The fraction of sp³-hybridized carbons (Fsp3) is 0.143. The molecule has 0 aromatic heterocycles. The van der Waals surface area contributed by atoms with Gasteiger partial charge in [0.1, 0.15) is 0 Å². The number of phosphoric ester groups is 1. The molecule has 0 aliphatic rings. The van der Waals surface area contributed by atoms with Gasteiger partial charge in [-0.25, -0.2) is 0 Å². The van der Waals surface area contributed by atoms with E-state index in [1.165, 1.54) is 0 Å². The number of phosphoric acid groups is 1. The molecule has 6 heteroatoms. The molecule has 0 N–H and O–H groups in total. The summed E-state index contributed by atoms with van der Waals surface area (Å²) in [5.74, 6) is 0. The van der Waals surface area contributed by atoms with Crippen LogP contribution in [0, 0.1) is 0 Å². The van der Waals surface area contributed by atoms with Crippen LogP contribution in [0.25, 0.3) is 0 Å². The standard InChI is InChI=1S/C14H15O4P.Ba/c15-19(16,17-11-13-7-3-1-4-8-13)18-12-14-9-5-2-6-10-14;/h1-10H,11-12H2,(H,15,16);/q;+2/p-1. The fourth-order valence-corrected chi connectivity index (χ4v) is 2.18. The molecule has 100 valence electrons. The molecular formula is C14H14BaO4P+. The van der Waals surface area contributed by atoms with Crippen LogP contribution < -0.4 is 4.89 Å². The zero-order chi connectivity index (χ0) is 13.6. The Morgan fingerprint density at radius 1 is 0.800 bits per heavy atom. The summed E-state index contributed by atoms with van der Waals surface area (Å²) < 4.78 is 21.2. The van der Waals surface area contributed by atoms with E-state index in [1.807, 2.05) is 36.4 Å². The zero-order valence-corrected chi connectivity index (χ0v) is 16.3. The predicted molar refractivity (Wildman–Crippen MR) is 75.8 cm³/mol. The minimum Gasteiger partial charge on any atom is -0.756 e. The molecule has 0 aliphatic heterocycles. The van der Waals surface area contributed by atoms with Crippen molar-refractivity contribution in [1.29, 1.82) is 0 Å². The smallest absolute Gasteiger partial charge is 0.756 e. The zero-order valence-electron chi connectivity index (χ0n) is 11.0. The van der Waals surface area contributed by atoms with Crippen LogP contribution in [0.3, 0.4) is 0 Å². The second kappa shape index (κ2) is 9.20. The quantitative estimate of drug-likeness (QED) is 0.538. The Morgan fingerprint density at radius 3 is 1.50 bits per heavy atom. The third kappa shape index (κ3) is 6.72. The minimum absolute atomic E-state index is 0. The Bertz CT molecular complexity index is 500. The van der Waals surface area contributed by atoms with E-state index in [2.05, 4.69) is 0 Å². The monoisotopic (exact) mass is 415 g/mol. The van der Waals surface area contributed by atoms with E-state index in [9.17, 15) is 9.46 Å². The molecule has 0 amide bonds. The van der Waals surface area contributed by atoms with Crippen LogP contribution >= 0.6 is 7.82 Å². The van der Waals surface area contributed by atoms with Crippen molar-refractivity contribution in [2.75, 3.05) is 0 Å². The molecule has 0 bridgehead atoms. The second-order valence-electron chi connectivity index (χ2n) is 3.97. The van der Waals surface area contributed by atoms with Crippen molar-refractivity contribution in [3.63, 3.8) is 0 Å². The van der Waals surface area contributed by atoms with Gasteiger partial charge in [0.05, 0.1) is 13.2 Å². The molecule has 0 aliphatic carbocycles. The van der Waals surface area contributed by atoms with Crippen molar-refractivity contribution in [1.82, 2.24) is 0 Å². The van der Waals surface area contributed by atoms with E-state index in [4.69, 9.17) is 9.05 Å². The molecule has 2 aromatic carbocycles. The summed E-state index contributed by atoms with van der Waals surface area (Å²) in [7, 11) is -4.27. The molecule has 4 nitrogen and oxygen atoms in total. The maximum Gasteiger partial charge on any atom is 2.00 e. The number of hydrogen-bond acceptors (Lipinski definition) is 4. The van der Waals surface area contributed by atoms with Crippen molar-refractivity contribution in [3.8, 4) is 0 Å². The van der Waals surface area contributed by atoms with Crippen LogP contribution in [0.15, 0.2) is 60.7 Å². The topological polar surface area (TPSA) is 58.6 Å². The maximum atomic E-state index is 11.6. The Kier molecular flexibility index (Phi) is 8.36. The van der Waals surface area contributed by atoms with E-state index in [1.54, 1.807) is 24.3 Å². The van der Waals surface area contributed by atoms with Crippen LogP contribution in [-0.4, -0.2) is 48.9 Å². The van der Waals surface area contributed by atoms with E-state index >= 15 is 0 Å². The second-order valence-corrected chi connectivity index (χ2v) is 5.38. The SMILES string of the molecule is O=P([O-])(OCc1ccccc1)OCc1ccccc1.[Ba+2]. The molecule has 0 spiro atoms. The largest absolute Gasteiger partial charge is 2.00 e. The molecule has 0 saturated heterocycles. The van der Waals surface area contributed by atoms with Crippen molar-refractivity contribution in [3.05, 3.63) is 71.8 Å². The average molecular weight is 415 g/mol. The first-order chi connectivity index (χ1) is 9.16. The van der Waals surface area contributed by atoms with E-state index < -0.39 is 7.82 Å². The molecule has 0 unspecified atom stereocenters. The summed E-state index contributed by atoms with van der Waals surface area (Å²) in [6, 6.07) is 18.1. The Morgan fingerprint density at radius 2 is 1.15 bits per heavy atom. The van der Waals surface area contributed by atoms with Gasteiger partial charge in [0, 0.05) is 0 Å². The molecule has 0 radical (unpaired) electrons. The molecule has 0 fully saturated rings. The van der Waals surface area contributed by atoms with Crippen LogP contribution in [0.1, 0.15) is 11.1 Å². The molecule has 2 rings (SSSR count). The molecule has 2 aromatic rings. The summed E-state index contributed by atoms with van der Waals surface area (Å²) in [6.45, 7) is -0.0349. The van der Waals surface area contributed by atoms with Crippen molar-refractivity contribution in [2.45, 2.75) is 13.2 Å². The first-order valence-electron chi connectivity index (χ1n) is 5.84. The third-order valence-electron chi connectivity index (χ3n) is 2.46. The van der Waals surface area contributed by atoms with E-state index in [0.717, 1.165) is 11.1 Å². The first kappa shape index (κ1) is 18.2. The summed E-state index contributed by atoms with van der Waals surface area (Å²) in [4.78, 5) is 11.6. The molecule has 0 saturated carbocycles. The van der Waals surface area contributed by atoms with Crippen LogP contribution in [0.2, 0.25) is 0 Å². The summed E-state index contributed by atoms with van der Waals surface area (Å²) in [5, 5.41) is 0. The van der Waals surface area contributed by atoms with Gasteiger partial charge in [-0.05, 0) is 11.1 Å². The van der Waals surface area contributed by atoms with Gasteiger partial charge < -0.3 is 13.9 Å². The minimum atomic E-state index is -4.27. The van der Waals surface area contributed by atoms with E-state index in [0.29, 0.717) is 0 Å². The number of hydrogen-bond donors (Lipinski definition) is 0. The maximum absolute atomic E-state index is 11.6. The molecule has 20 heavy (non-hydrogen) atoms. The molecule has 0 atom stereocenters. The van der Waals surface area contributed by atoms with Crippen molar-refractivity contribution < 1.29 is 18.5 Å². The normalized spacial score (nSPS) is 10.8. The van der Waals surface area contributed by atoms with Crippen molar-refractivity contribution >= 4 is 56.7 Å². The summed E-state index contributed by atoms with van der Waals surface area (Å²) in [5.41, 5.74) is 1.56. The fourth-order valence-electron chi connectivity index (χ4n) is 1.49. The van der Waals surface area contributed by atoms with Gasteiger partial charge in [0.15, 0.2) is 0 Å². The number of benzene rings is 2. The van der Waals surface area contributed by atoms with Gasteiger partial charge in [0.25, 0.3) is 7.82 Å². The summed E-state index contributed by atoms with van der Waals surface area (Å²) >= 11 is 0.